The Balaban J connectivity index is 1.89. The molecule has 1 nitrogen and oxygen atoms in total. The van der Waals surface area contributed by atoms with Crippen molar-refractivity contribution in [3.8, 4) is 0 Å². The molecule has 1 aromatic carbocycles. The molecular formula is C15H20ClN. The molecule has 17 heavy (non-hydrogen) atoms. The molecule has 0 aromatic heterocycles. The summed E-state index contributed by atoms with van der Waals surface area (Å²) in [6, 6.07) is 8.75. The SMILES string of the molecule is N[C@@H]1CC1(c1ccc(Cl)cc1)C1CCCCC1. The Kier molecular flexibility index (Phi) is 2.92. The van der Waals surface area contributed by atoms with E-state index in [0.29, 0.717) is 6.04 Å². The normalized spacial score (nSPS) is 33.6. The molecule has 2 atom stereocenters. The van der Waals surface area contributed by atoms with Crippen molar-refractivity contribution in [2.24, 2.45) is 11.7 Å². The zero-order valence-corrected chi connectivity index (χ0v) is 10.9. The average Bonchev–Trinajstić information content (AvgIpc) is 3.04. The number of benzene rings is 1. The molecule has 0 bridgehead atoms. The molecule has 2 saturated carbocycles. The topological polar surface area (TPSA) is 26.0 Å². The Morgan fingerprint density at radius 2 is 1.65 bits per heavy atom. The van der Waals surface area contributed by atoms with Gasteiger partial charge in [0, 0.05) is 16.5 Å². The van der Waals surface area contributed by atoms with Crippen LogP contribution in [0.2, 0.25) is 5.02 Å². The van der Waals surface area contributed by atoms with Gasteiger partial charge in [-0.05, 0) is 42.9 Å². The zero-order chi connectivity index (χ0) is 11.9. The Bertz CT molecular complexity index is 394. The third-order valence-electron chi connectivity index (χ3n) is 4.77. The first-order valence-electron chi connectivity index (χ1n) is 6.75. The van der Waals surface area contributed by atoms with Crippen molar-refractivity contribution < 1.29 is 0 Å². The van der Waals surface area contributed by atoms with Crippen LogP contribution in [0.1, 0.15) is 44.1 Å². The van der Waals surface area contributed by atoms with Gasteiger partial charge < -0.3 is 5.73 Å². The molecule has 0 radical (unpaired) electrons. The second-order valence-electron chi connectivity index (χ2n) is 5.69. The van der Waals surface area contributed by atoms with Crippen LogP contribution < -0.4 is 5.73 Å². The lowest BCUT2D eigenvalue weighted by Crippen LogP contribution is -2.29. The second-order valence-corrected chi connectivity index (χ2v) is 6.13. The van der Waals surface area contributed by atoms with Gasteiger partial charge in [-0.25, -0.2) is 0 Å². The molecule has 0 spiro atoms. The maximum atomic E-state index is 6.27. The van der Waals surface area contributed by atoms with E-state index in [-0.39, 0.29) is 5.41 Å². The van der Waals surface area contributed by atoms with E-state index in [1.54, 1.807) is 0 Å². The van der Waals surface area contributed by atoms with E-state index >= 15 is 0 Å². The maximum Gasteiger partial charge on any atom is 0.0406 e. The fraction of sp³-hybridized carbons (Fsp3) is 0.600. The molecule has 0 heterocycles. The van der Waals surface area contributed by atoms with Crippen molar-refractivity contribution in [2.45, 2.75) is 50.0 Å². The van der Waals surface area contributed by atoms with E-state index in [9.17, 15) is 0 Å². The number of rotatable bonds is 2. The van der Waals surface area contributed by atoms with Crippen molar-refractivity contribution >= 4 is 11.6 Å². The molecule has 92 valence electrons. The van der Waals surface area contributed by atoms with E-state index in [2.05, 4.69) is 12.1 Å². The van der Waals surface area contributed by atoms with Crippen molar-refractivity contribution in [1.82, 2.24) is 0 Å². The summed E-state index contributed by atoms with van der Waals surface area (Å²) in [6.45, 7) is 0. The van der Waals surface area contributed by atoms with E-state index < -0.39 is 0 Å². The van der Waals surface area contributed by atoms with E-state index in [4.69, 9.17) is 17.3 Å². The lowest BCUT2D eigenvalue weighted by atomic mass is 9.74. The first-order chi connectivity index (χ1) is 8.23. The summed E-state index contributed by atoms with van der Waals surface area (Å²) in [5, 5.41) is 0.821. The van der Waals surface area contributed by atoms with E-state index in [1.165, 1.54) is 44.1 Å². The number of hydrogen-bond acceptors (Lipinski definition) is 1. The first-order valence-corrected chi connectivity index (χ1v) is 7.13. The molecular weight excluding hydrogens is 230 g/mol. The highest BCUT2D eigenvalue weighted by Crippen LogP contribution is 2.56. The molecule has 1 unspecified atom stereocenters. The smallest absolute Gasteiger partial charge is 0.0406 e. The Morgan fingerprint density at radius 3 is 2.18 bits per heavy atom. The Morgan fingerprint density at radius 1 is 1.06 bits per heavy atom. The van der Waals surface area contributed by atoms with Gasteiger partial charge in [0.1, 0.15) is 0 Å². The maximum absolute atomic E-state index is 6.27. The van der Waals surface area contributed by atoms with E-state index in [0.717, 1.165) is 10.9 Å². The van der Waals surface area contributed by atoms with Gasteiger partial charge in [0.25, 0.3) is 0 Å². The molecule has 2 aliphatic carbocycles. The summed E-state index contributed by atoms with van der Waals surface area (Å²) in [6.07, 6.45) is 8.05. The number of hydrogen-bond donors (Lipinski definition) is 1. The van der Waals surface area contributed by atoms with Gasteiger partial charge in [0.05, 0.1) is 0 Å². The molecule has 1 aromatic rings. The summed E-state index contributed by atoms with van der Waals surface area (Å²) < 4.78 is 0. The van der Waals surface area contributed by atoms with Crippen molar-refractivity contribution in [3.05, 3.63) is 34.9 Å². The minimum atomic E-state index is 0.283. The molecule has 2 aliphatic rings. The van der Waals surface area contributed by atoms with Gasteiger partial charge in [-0.2, -0.15) is 0 Å². The highest BCUT2D eigenvalue weighted by molar-refractivity contribution is 6.30. The van der Waals surface area contributed by atoms with Crippen LogP contribution in [0.4, 0.5) is 0 Å². The van der Waals surface area contributed by atoms with Gasteiger partial charge in [-0.15, -0.1) is 0 Å². The van der Waals surface area contributed by atoms with Crippen LogP contribution in [0.3, 0.4) is 0 Å². The minimum Gasteiger partial charge on any atom is -0.327 e. The molecule has 2 heteroatoms. The molecule has 0 amide bonds. The molecule has 2 N–H and O–H groups in total. The predicted octanol–water partition coefficient (Wildman–Crippen LogP) is 3.89. The molecule has 2 fully saturated rings. The fourth-order valence-electron chi connectivity index (χ4n) is 3.72. The minimum absolute atomic E-state index is 0.283. The van der Waals surface area contributed by atoms with Gasteiger partial charge in [0.15, 0.2) is 0 Å². The van der Waals surface area contributed by atoms with Crippen LogP contribution in [-0.4, -0.2) is 6.04 Å². The molecule has 0 aliphatic heterocycles. The van der Waals surface area contributed by atoms with Gasteiger partial charge >= 0.3 is 0 Å². The van der Waals surface area contributed by atoms with Crippen molar-refractivity contribution in [3.63, 3.8) is 0 Å². The zero-order valence-electron chi connectivity index (χ0n) is 10.2. The third-order valence-corrected chi connectivity index (χ3v) is 5.03. The van der Waals surface area contributed by atoms with Crippen molar-refractivity contribution in [2.75, 3.05) is 0 Å². The van der Waals surface area contributed by atoms with Crippen LogP contribution in [0.15, 0.2) is 24.3 Å². The summed E-state index contributed by atoms with van der Waals surface area (Å²) in [7, 11) is 0. The Labute approximate surface area is 108 Å². The summed E-state index contributed by atoms with van der Waals surface area (Å²) >= 11 is 5.97. The lowest BCUT2D eigenvalue weighted by molar-refractivity contribution is 0.284. The summed E-state index contributed by atoms with van der Waals surface area (Å²) in [4.78, 5) is 0. The largest absolute Gasteiger partial charge is 0.327 e. The quantitative estimate of drug-likeness (QED) is 0.846. The van der Waals surface area contributed by atoms with E-state index in [1.807, 2.05) is 12.1 Å². The standard InChI is InChI=1S/C15H20ClN/c16-13-8-6-12(7-9-13)15(10-14(15)17)11-4-2-1-3-5-11/h6-9,11,14H,1-5,10,17H2/t14-,15?/m1/s1. The average molecular weight is 250 g/mol. The summed E-state index contributed by atoms with van der Waals surface area (Å²) in [5.41, 5.74) is 7.97. The van der Waals surface area contributed by atoms with Gasteiger partial charge in [0.2, 0.25) is 0 Å². The number of nitrogens with two attached hydrogens (primary N) is 1. The monoisotopic (exact) mass is 249 g/mol. The van der Waals surface area contributed by atoms with Gasteiger partial charge in [-0.3, -0.25) is 0 Å². The van der Waals surface area contributed by atoms with Crippen LogP contribution in [0, 0.1) is 5.92 Å². The van der Waals surface area contributed by atoms with Crippen LogP contribution in [0.25, 0.3) is 0 Å². The summed E-state index contributed by atoms with van der Waals surface area (Å²) in [5.74, 6) is 0.799. The second kappa shape index (κ2) is 4.29. The third kappa shape index (κ3) is 1.90. The van der Waals surface area contributed by atoms with Crippen LogP contribution in [0.5, 0.6) is 0 Å². The Hall–Kier alpha value is -0.530. The van der Waals surface area contributed by atoms with Crippen molar-refractivity contribution in [1.29, 1.82) is 0 Å². The lowest BCUT2D eigenvalue weighted by Gasteiger charge is -2.31. The fourth-order valence-corrected chi connectivity index (χ4v) is 3.85. The van der Waals surface area contributed by atoms with Crippen LogP contribution in [-0.2, 0) is 5.41 Å². The van der Waals surface area contributed by atoms with Crippen LogP contribution >= 0.6 is 11.6 Å². The highest BCUT2D eigenvalue weighted by Gasteiger charge is 2.57. The number of halogens is 1. The molecule has 3 rings (SSSR count). The molecule has 0 saturated heterocycles. The first kappa shape index (κ1) is 11.6. The van der Waals surface area contributed by atoms with Gasteiger partial charge in [-0.1, -0.05) is 43.0 Å². The highest BCUT2D eigenvalue weighted by atomic mass is 35.5. The predicted molar refractivity (Wildman–Crippen MR) is 72.3 cm³/mol.